The molecule has 0 saturated heterocycles. The van der Waals surface area contributed by atoms with Gasteiger partial charge in [0.1, 0.15) is 19.0 Å². The molecule has 3 N–H and O–H groups in total. The van der Waals surface area contributed by atoms with Gasteiger partial charge in [0, 0.05) is 0 Å². The van der Waals surface area contributed by atoms with E-state index in [2.05, 4.69) is 43.4 Å². The highest BCUT2D eigenvalue weighted by molar-refractivity contribution is 7.80. The van der Waals surface area contributed by atoms with Crippen LogP contribution >= 0.6 is 12.2 Å². The lowest BCUT2D eigenvalue weighted by Crippen LogP contribution is -2.23. The third-order valence-electron chi connectivity index (χ3n) is 3.91. The van der Waals surface area contributed by atoms with E-state index in [4.69, 9.17) is 32.2 Å². The van der Waals surface area contributed by atoms with E-state index in [1.54, 1.807) is 13.3 Å². The molecule has 0 heterocycles. The summed E-state index contributed by atoms with van der Waals surface area (Å²) in [6.45, 7) is 7.38. The molecule has 0 unspecified atom stereocenters. The van der Waals surface area contributed by atoms with Crippen molar-refractivity contribution in [2.24, 2.45) is 10.8 Å². The van der Waals surface area contributed by atoms with E-state index < -0.39 is 0 Å². The first-order valence-corrected chi connectivity index (χ1v) is 9.33. The molecule has 6 nitrogen and oxygen atoms in total. The molecule has 2 aromatic carbocycles. The summed E-state index contributed by atoms with van der Waals surface area (Å²) in [7, 11) is 1.59. The van der Waals surface area contributed by atoms with E-state index in [0.717, 1.165) is 11.3 Å². The van der Waals surface area contributed by atoms with Crippen molar-refractivity contribution in [3.05, 3.63) is 53.6 Å². The number of rotatable bonds is 8. The van der Waals surface area contributed by atoms with Crippen LogP contribution in [0.4, 0.5) is 0 Å². The van der Waals surface area contributed by atoms with E-state index in [0.29, 0.717) is 24.7 Å². The van der Waals surface area contributed by atoms with Gasteiger partial charge in [-0.2, -0.15) is 5.10 Å². The smallest absolute Gasteiger partial charge is 0.184 e. The van der Waals surface area contributed by atoms with Crippen LogP contribution in [-0.4, -0.2) is 31.7 Å². The van der Waals surface area contributed by atoms with Crippen LogP contribution in [-0.2, 0) is 5.41 Å². The third-order valence-corrected chi connectivity index (χ3v) is 4.00. The molecule has 0 aliphatic rings. The first-order valence-electron chi connectivity index (χ1n) is 8.92. The number of benzene rings is 2. The molecule has 0 amide bonds. The van der Waals surface area contributed by atoms with Crippen molar-refractivity contribution in [2.75, 3.05) is 20.3 Å². The number of hydrogen-bond donors (Lipinski definition) is 2. The highest BCUT2D eigenvalue weighted by Crippen LogP contribution is 2.28. The summed E-state index contributed by atoms with van der Waals surface area (Å²) in [5.41, 5.74) is 10.0. The Kier molecular flexibility index (Phi) is 7.63. The molecule has 0 fully saturated rings. The van der Waals surface area contributed by atoms with Gasteiger partial charge >= 0.3 is 0 Å². The number of nitrogens with one attached hydrogen (secondary N) is 1. The molecule has 0 radical (unpaired) electrons. The molecule has 2 rings (SSSR count). The maximum absolute atomic E-state index is 5.77. The summed E-state index contributed by atoms with van der Waals surface area (Å²) >= 11 is 4.69. The molecule has 0 aliphatic heterocycles. The fourth-order valence-corrected chi connectivity index (χ4v) is 2.47. The van der Waals surface area contributed by atoms with Crippen molar-refractivity contribution < 1.29 is 14.2 Å². The Labute approximate surface area is 171 Å². The van der Waals surface area contributed by atoms with Crippen LogP contribution in [0.1, 0.15) is 31.9 Å². The average Bonchev–Trinajstić information content (AvgIpc) is 2.65. The van der Waals surface area contributed by atoms with Crippen LogP contribution in [0.3, 0.4) is 0 Å². The highest BCUT2D eigenvalue weighted by atomic mass is 32.1. The molecule has 2 aromatic rings. The second-order valence-electron chi connectivity index (χ2n) is 7.12. The molecule has 7 heteroatoms. The van der Waals surface area contributed by atoms with Gasteiger partial charge in [0.2, 0.25) is 0 Å². The summed E-state index contributed by atoms with van der Waals surface area (Å²) in [5, 5.41) is 4.03. The predicted molar refractivity (Wildman–Crippen MR) is 117 cm³/mol. The zero-order chi connectivity index (χ0) is 20.6. The molecule has 0 atom stereocenters. The molecule has 0 bridgehead atoms. The van der Waals surface area contributed by atoms with E-state index >= 15 is 0 Å². The molecule has 28 heavy (non-hydrogen) atoms. The molecule has 0 spiro atoms. The number of hydrazone groups is 1. The number of nitrogens with two attached hydrogens (primary N) is 1. The first-order chi connectivity index (χ1) is 13.3. The average molecular weight is 402 g/mol. The first kappa shape index (κ1) is 21.5. The standard InChI is InChI=1S/C21H27N3O3S/c1-21(2,3)16-6-8-17(9-7-16)26-11-12-27-18-10-5-15(13-19(18)25-4)14-23-24-20(22)28/h5-10,13-14H,11-12H2,1-4H3,(H3,22,24,28)/b23-14+. The summed E-state index contributed by atoms with van der Waals surface area (Å²) < 4.78 is 16.9. The fourth-order valence-electron chi connectivity index (χ4n) is 2.42. The van der Waals surface area contributed by atoms with E-state index in [1.807, 2.05) is 30.3 Å². The monoisotopic (exact) mass is 401 g/mol. The minimum Gasteiger partial charge on any atom is -0.493 e. The van der Waals surface area contributed by atoms with Gasteiger partial charge in [-0.25, -0.2) is 0 Å². The lowest BCUT2D eigenvalue weighted by molar-refractivity contribution is 0.211. The van der Waals surface area contributed by atoms with Gasteiger partial charge < -0.3 is 19.9 Å². The zero-order valence-corrected chi connectivity index (χ0v) is 17.5. The van der Waals surface area contributed by atoms with Gasteiger partial charge in [-0.3, -0.25) is 5.43 Å². The van der Waals surface area contributed by atoms with Gasteiger partial charge in [0.15, 0.2) is 16.6 Å². The quantitative estimate of drug-likeness (QED) is 0.304. The van der Waals surface area contributed by atoms with E-state index in [1.165, 1.54) is 5.56 Å². The molecule has 150 valence electrons. The van der Waals surface area contributed by atoms with E-state index in [9.17, 15) is 0 Å². The third kappa shape index (κ3) is 6.74. The topological polar surface area (TPSA) is 78.1 Å². The van der Waals surface area contributed by atoms with Gasteiger partial charge in [0.25, 0.3) is 0 Å². The highest BCUT2D eigenvalue weighted by Gasteiger charge is 2.13. The number of nitrogens with zero attached hydrogens (tertiary/aromatic N) is 1. The summed E-state index contributed by atoms with van der Waals surface area (Å²) in [5.74, 6) is 2.06. The van der Waals surface area contributed by atoms with Gasteiger partial charge in [-0.05, 0) is 59.1 Å². The normalized spacial score (nSPS) is 11.3. The van der Waals surface area contributed by atoms with Crippen molar-refractivity contribution in [3.63, 3.8) is 0 Å². The van der Waals surface area contributed by atoms with E-state index in [-0.39, 0.29) is 10.5 Å². The molecule has 0 saturated carbocycles. The minimum absolute atomic E-state index is 0.108. The number of methoxy groups -OCH3 is 1. The lowest BCUT2D eigenvalue weighted by atomic mass is 9.87. The Balaban J connectivity index is 1.86. The molecular formula is C21H27N3O3S. The molecule has 0 aliphatic carbocycles. The van der Waals surface area contributed by atoms with Crippen molar-refractivity contribution in [1.82, 2.24) is 5.43 Å². The van der Waals surface area contributed by atoms with Crippen LogP contribution in [0.2, 0.25) is 0 Å². The number of ether oxygens (including phenoxy) is 3. The molecule has 0 aromatic heterocycles. The molecular weight excluding hydrogens is 374 g/mol. The SMILES string of the molecule is COc1cc(/C=N/NC(N)=S)ccc1OCCOc1ccc(C(C)(C)C)cc1. The number of hydrogen-bond acceptors (Lipinski definition) is 5. The fraction of sp³-hybridized carbons (Fsp3) is 0.333. The van der Waals surface area contributed by atoms with Crippen molar-refractivity contribution in [2.45, 2.75) is 26.2 Å². The van der Waals surface area contributed by atoms with Crippen molar-refractivity contribution in [1.29, 1.82) is 0 Å². The Morgan fingerprint density at radius 2 is 1.75 bits per heavy atom. The Bertz CT molecular complexity index is 815. The maximum atomic E-state index is 5.77. The van der Waals surface area contributed by atoms with Crippen LogP contribution < -0.4 is 25.4 Å². The van der Waals surface area contributed by atoms with Crippen LogP contribution in [0, 0.1) is 0 Å². The van der Waals surface area contributed by atoms with Gasteiger partial charge in [-0.15, -0.1) is 0 Å². The Hall–Kier alpha value is -2.80. The van der Waals surface area contributed by atoms with Crippen molar-refractivity contribution >= 4 is 23.5 Å². The van der Waals surface area contributed by atoms with Crippen LogP contribution in [0.5, 0.6) is 17.2 Å². The van der Waals surface area contributed by atoms with Crippen molar-refractivity contribution in [3.8, 4) is 17.2 Å². The summed E-state index contributed by atoms with van der Waals surface area (Å²) in [4.78, 5) is 0. The Morgan fingerprint density at radius 3 is 2.36 bits per heavy atom. The van der Waals surface area contributed by atoms with Gasteiger partial charge in [0.05, 0.1) is 13.3 Å². The summed E-state index contributed by atoms with van der Waals surface area (Å²) in [6, 6.07) is 13.6. The second kappa shape index (κ2) is 9.94. The second-order valence-corrected chi connectivity index (χ2v) is 7.56. The summed E-state index contributed by atoms with van der Waals surface area (Å²) in [6.07, 6.45) is 1.59. The number of thiocarbonyl (C=S) groups is 1. The maximum Gasteiger partial charge on any atom is 0.184 e. The Morgan fingerprint density at radius 1 is 1.07 bits per heavy atom. The van der Waals surface area contributed by atoms with Crippen LogP contribution in [0.25, 0.3) is 0 Å². The van der Waals surface area contributed by atoms with Crippen LogP contribution in [0.15, 0.2) is 47.6 Å². The predicted octanol–water partition coefficient (Wildman–Crippen LogP) is 3.62. The van der Waals surface area contributed by atoms with Gasteiger partial charge in [-0.1, -0.05) is 32.9 Å². The minimum atomic E-state index is 0.108. The largest absolute Gasteiger partial charge is 0.493 e. The zero-order valence-electron chi connectivity index (χ0n) is 16.7. The lowest BCUT2D eigenvalue weighted by Gasteiger charge is -2.19.